The number of nitrogens with zero attached hydrogens (tertiary/aromatic N) is 1. The maximum atomic E-state index is 10.5. The molecule has 3 atom stereocenters. The average Bonchev–Trinajstić information content (AvgIpc) is 2.32. The SMILES string of the molecule is CCCC[C@@H]1[C@H](O)CCCC12CCCC[N+]2(C)C.[I-]. The van der Waals surface area contributed by atoms with Crippen LogP contribution in [0.15, 0.2) is 0 Å². The zero-order chi connectivity index (χ0) is 13.2. The molecule has 1 aliphatic carbocycles. The highest BCUT2D eigenvalue weighted by molar-refractivity contribution is 4.97. The van der Waals surface area contributed by atoms with Gasteiger partial charge in [0.25, 0.3) is 0 Å². The maximum Gasteiger partial charge on any atom is 0.104 e. The van der Waals surface area contributed by atoms with E-state index >= 15 is 0 Å². The highest BCUT2D eigenvalue weighted by atomic mass is 127. The van der Waals surface area contributed by atoms with Gasteiger partial charge in [0.05, 0.1) is 26.7 Å². The number of hydrogen-bond acceptors (Lipinski definition) is 1. The number of aliphatic hydroxyl groups is 1. The lowest BCUT2D eigenvalue weighted by atomic mass is 9.63. The first-order valence-corrected chi connectivity index (χ1v) is 8.05. The van der Waals surface area contributed by atoms with Crippen molar-refractivity contribution in [3.8, 4) is 0 Å². The molecule has 3 heteroatoms. The fourth-order valence-corrected chi connectivity index (χ4v) is 4.77. The van der Waals surface area contributed by atoms with Crippen LogP contribution in [0.2, 0.25) is 0 Å². The number of hydrogen-bond donors (Lipinski definition) is 1. The van der Waals surface area contributed by atoms with Gasteiger partial charge in [-0.2, -0.15) is 0 Å². The standard InChI is InChI=1S/C16H32NO.HI/c1-4-5-9-14-15(18)10-8-12-16(14)11-6-7-13-17(16,2)3;/h14-15,18H,4-13H2,1-3H3;1H/q+1;/p-1/t14-,15-,16?;/m1./s1. The van der Waals surface area contributed by atoms with Gasteiger partial charge in [0.2, 0.25) is 0 Å². The van der Waals surface area contributed by atoms with Crippen molar-refractivity contribution in [2.24, 2.45) is 5.92 Å². The van der Waals surface area contributed by atoms with E-state index in [0.29, 0.717) is 11.5 Å². The third-order valence-electron chi connectivity index (χ3n) is 5.92. The molecule has 1 aliphatic heterocycles. The lowest BCUT2D eigenvalue weighted by Crippen LogP contribution is -3.00. The lowest BCUT2D eigenvalue weighted by Gasteiger charge is -2.58. The Morgan fingerprint density at radius 3 is 2.47 bits per heavy atom. The Morgan fingerprint density at radius 1 is 1.16 bits per heavy atom. The van der Waals surface area contributed by atoms with E-state index in [1.54, 1.807) is 0 Å². The molecule has 19 heavy (non-hydrogen) atoms. The first kappa shape index (κ1) is 17.7. The second kappa shape index (κ2) is 7.08. The van der Waals surface area contributed by atoms with Crippen LogP contribution in [-0.2, 0) is 0 Å². The number of unbranched alkanes of at least 4 members (excludes halogenated alkanes) is 1. The highest BCUT2D eigenvalue weighted by Crippen LogP contribution is 2.48. The van der Waals surface area contributed by atoms with Crippen molar-refractivity contribution in [2.75, 3.05) is 20.6 Å². The van der Waals surface area contributed by atoms with Crippen molar-refractivity contribution in [1.29, 1.82) is 0 Å². The summed E-state index contributed by atoms with van der Waals surface area (Å²) in [6.45, 7) is 3.57. The van der Waals surface area contributed by atoms with Crippen molar-refractivity contribution in [3.05, 3.63) is 0 Å². The molecule has 0 radical (unpaired) electrons. The van der Waals surface area contributed by atoms with Gasteiger partial charge in [-0.05, 0) is 32.1 Å². The molecule has 114 valence electrons. The van der Waals surface area contributed by atoms with Crippen molar-refractivity contribution < 1.29 is 33.6 Å². The minimum atomic E-state index is -0.0409. The number of halogens is 1. The predicted octanol–water partition coefficient (Wildman–Crippen LogP) is 0.341. The topological polar surface area (TPSA) is 20.2 Å². The zero-order valence-corrected chi connectivity index (χ0v) is 15.2. The summed E-state index contributed by atoms with van der Waals surface area (Å²) in [4.78, 5) is 0. The van der Waals surface area contributed by atoms with Gasteiger partial charge in [0.1, 0.15) is 5.54 Å². The molecular weight excluding hydrogens is 349 g/mol. The smallest absolute Gasteiger partial charge is 0.104 e. The van der Waals surface area contributed by atoms with Crippen LogP contribution in [0, 0.1) is 5.92 Å². The van der Waals surface area contributed by atoms with Crippen LogP contribution in [0.3, 0.4) is 0 Å². The highest BCUT2D eigenvalue weighted by Gasteiger charge is 2.55. The van der Waals surface area contributed by atoms with Gasteiger partial charge in [-0.3, -0.25) is 0 Å². The Balaban J connectivity index is 0.00000180. The molecule has 1 unspecified atom stereocenters. The molecule has 0 amide bonds. The van der Waals surface area contributed by atoms with Crippen LogP contribution in [0.5, 0.6) is 0 Å². The molecule has 1 N–H and O–H groups in total. The molecule has 0 bridgehead atoms. The molecule has 1 heterocycles. The Labute approximate surface area is 136 Å². The first-order chi connectivity index (χ1) is 8.53. The van der Waals surface area contributed by atoms with Gasteiger partial charge < -0.3 is 33.6 Å². The van der Waals surface area contributed by atoms with E-state index in [-0.39, 0.29) is 30.1 Å². The minimum absolute atomic E-state index is 0. The molecule has 1 spiro atoms. The summed E-state index contributed by atoms with van der Waals surface area (Å²) >= 11 is 0. The zero-order valence-electron chi connectivity index (χ0n) is 13.0. The monoisotopic (exact) mass is 381 g/mol. The van der Waals surface area contributed by atoms with Crippen LogP contribution in [-0.4, -0.2) is 41.9 Å². The fraction of sp³-hybridized carbons (Fsp3) is 1.00. The molecule has 2 fully saturated rings. The fourth-order valence-electron chi connectivity index (χ4n) is 4.77. The molecule has 1 saturated heterocycles. The van der Waals surface area contributed by atoms with E-state index in [0.717, 1.165) is 10.9 Å². The Morgan fingerprint density at radius 2 is 1.84 bits per heavy atom. The average molecular weight is 381 g/mol. The van der Waals surface area contributed by atoms with Crippen LogP contribution in [0.1, 0.15) is 64.7 Å². The molecule has 2 rings (SSSR count). The van der Waals surface area contributed by atoms with Gasteiger partial charge in [-0.1, -0.05) is 19.8 Å². The Kier molecular flexibility index (Phi) is 6.59. The first-order valence-electron chi connectivity index (χ1n) is 8.05. The predicted molar refractivity (Wildman–Crippen MR) is 76.4 cm³/mol. The van der Waals surface area contributed by atoms with Gasteiger partial charge in [0, 0.05) is 18.8 Å². The van der Waals surface area contributed by atoms with E-state index in [9.17, 15) is 5.11 Å². The van der Waals surface area contributed by atoms with Crippen LogP contribution in [0.4, 0.5) is 0 Å². The quantitative estimate of drug-likeness (QED) is 0.552. The Bertz CT molecular complexity index is 278. The lowest BCUT2D eigenvalue weighted by molar-refractivity contribution is -0.954. The normalized spacial score (nSPS) is 37.9. The summed E-state index contributed by atoms with van der Waals surface area (Å²) in [5.41, 5.74) is 0.380. The summed E-state index contributed by atoms with van der Waals surface area (Å²) in [6.07, 6.45) is 11.4. The molecular formula is C16H32INO. The summed E-state index contributed by atoms with van der Waals surface area (Å²) in [5, 5.41) is 10.5. The van der Waals surface area contributed by atoms with Crippen LogP contribution >= 0.6 is 0 Å². The van der Waals surface area contributed by atoms with Crippen LogP contribution in [0.25, 0.3) is 0 Å². The second-order valence-electron chi connectivity index (χ2n) is 7.18. The third kappa shape index (κ3) is 3.29. The summed E-state index contributed by atoms with van der Waals surface area (Å²) in [5.74, 6) is 0.543. The maximum absolute atomic E-state index is 10.5. The number of rotatable bonds is 3. The molecule has 2 nitrogen and oxygen atoms in total. The summed E-state index contributed by atoms with van der Waals surface area (Å²) in [7, 11) is 4.83. The van der Waals surface area contributed by atoms with Crippen molar-refractivity contribution >= 4 is 0 Å². The molecule has 0 aromatic heterocycles. The van der Waals surface area contributed by atoms with Crippen molar-refractivity contribution in [3.63, 3.8) is 0 Å². The number of likely N-dealkylation sites (tertiary alicyclic amines) is 1. The number of aliphatic hydroxyl groups excluding tert-OH is 1. The summed E-state index contributed by atoms with van der Waals surface area (Å²) < 4.78 is 1.15. The minimum Gasteiger partial charge on any atom is -1.00 e. The molecule has 1 saturated carbocycles. The second-order valence-corrected chi connectivity index (χ2v) is 7.18. The largest absolute Gasteiger partial charge is 1.00 e. The van der Waals surface area contributed by atoms with E-state index in [4.69, 9.17) is 0 Å². The molecule has 0 aromatic carbocycles. The van der Waals surface area contributed by atoms with Gasteiger partial charge in [-0.25, -0.2) is 0 Å². The molecule has 2 aliphatic rings. The number of piperidine rings is 1. The van der Waals surface area contributed by atoms with Gasteiger partial charge in [0.15, 0.2) is 0 Å². The van der Waals surface area contributed by atoms with Crippen LogP contribution < -0.4 is 24.0 Å². The van der Waals surface area contributed by atoms with E-state index in [1.165, 1.54) is 57.9 Å². The van der Waals surface area contributed by atoms with Crippen molar-refractivity contribution in [2.45, 2.75) is 76.4 Å². The third-order valence-corrected chi connectivity index (χ3v) is 5.92. The van der Waals surface area contributed by atoms with E-state index in [2.05, 4.69) is 21.0 Å². The van der Waals surface area contributed by atoms with E-state index < -0.39 is 0 Å². The summed E-state index contributed by atoms with van der Waals surface area (Å²) in [6, 6.07) is 0. The van der Waals surface area contributed by atoms with Crippen molar-refractivity contribution in [1.82, 2.24) is 0 Å². The Hall–Kier alpha value is 0.650. The van der Waals surface area contributed by atoms with Gasteiger partial charge >= 0.3 is 0 Å². The van der Waals surface area contributed by atoms with Gasteiger partial charge in [-0.15, -0.1) is 0 Å². The number of quaternary nitrogens is 1. The molecule has 0 aromatic rings. The van der Waals surface area contributed by atoms with E-state index in [1.807, 2.05) is 0 Å².